The minimum Gasteiger partial charge on any atom is -0.368 e. The molecule has 0 radical (unpaired) electrons. The van der Waals surface area contributed by atoms with Gasteiger partial charge >= 0.3 is 0 Å². The lowest BCUT2D eigenvalue weighted by atomic mass is 10.2. The van der Waals surface area contributed by atoms with Crippen molar-refractivity contribution in [3.63, 3.8) is 0 Å². The molecule has 2 aromatic rings. The summed E-state index contributed by atoms with van der Waals surface area (Å²) < 4.78 is 0. The quantitative estimate of drug-likeness (QED) is 0.638. The minimum atomic E-state index is -0.398. The van der Waals surface area contributed by atoms with Crippen LogP contribution in [0.5, 0.6) is 0 Å². The Hall–Kier alpha value is -2.41. The first-order valence-electron chi connectivity index (χ1n) is 7.42. The summed E-state index contributed by atoms with van der Waals surface area (Å²) in [5.74, 6) is 0.159. The molecule has 1 amide bonds. The Labute approximate surface area is 138 Å². The molecule has 0 unspecified atom stereocenters. The zero-order valence-electron chi connectivity index (χ0n) is 12.6. The van der Waals surface area contributed by atoms with Crippen LogP contribution >= 0.6 is 11.3 Å². The van der Waals surface area contributed by atoms with Crippen LogP contribution < -0.4 is 4.90 Å². The van der Waals surface area contributed by atoms with Crippen LogP contribution in [0.25, 0.3) is 0 Å². The second-order valence-electron chi connectivity index (χ2n) is 5.45. The van der Waals surface area contributed by atoms with Crippen molar-refractivity contribution in [2.75, 3.05) is 31.1 Å². The van der Waals surface area contributed by atoms with Crippen LogP contribution in [0.2, 0.25) is 0 Å². The van der Waals surface area contributed by atoms with Gasteiger partial charge in [0.15, 0.2) is 0 Å². The van der Waals surface area contributed by atoms with E-state index >= 15 is 0 Å². The van der Waals surface area contributed by atoms with E-state index in [9.17, 15) is 14.9 Å². The maximum absolute atomic E-state index is 12.3. The zero-order chi connectivity index (χ0) is 16.2. The fraction of sp³-hybridized carbons (Fsp3) is 0.312. The number of carbonyl (C=O) groups is 1. The molecule has 0 saturated carbocycles. The van der Waals surface area contributed by atoms with E-state index in [0.29, 0.717) is 19.5 Å². The van der Waals surface area contributed by atoms with Crippen molar-refractivity contribution < 1.29 is 9.72 Å². The van der Waals surface area contributed by atoms with Gasteiger partial charge in [0.05, 0.1) is 11.3 Å². The standard InChI is InChI=1S/C16H17N3O3S/c20-16(11-13-5-10-23-12-13)18-8-6-17(7-9-18)14-1-3-15(4-2-14)19(21)22/h1-5,10,12H,6-9,11H2. The molecular weight excluding hydrogens is 314 g/mol. The number of non-ortho nitro benzene ring substituents is 1. The number of anilines is 1. The average molecular weight is 331 g/mol. The zero-order valence-corrected chi connectivity index (χ0v) is 13.4. The monoisotopic (exact) mass is 331 g/mol. The molecule has 1 aromatic carbocycles. The molecule has 1 aliphatic heterocycles. The average Bonchev–Trinajstić information content (AvgIpc) is 3.08. The van der Waals surface area contributed by atoms with Crippen LogP contribution in [0, 0.1) is 10.1 Å². The molecule has 0 spiro atoms. The van der Waals surface area contributed by atoms with Crippen molar-refractivity contribution in [2.24, 2.45) is 0 Å². The van der Waals surface area contributed by atoms with E-state index < -0.39 is 4.92 Å². The first-order valence-corrected chi connectivity index (χ1v) is 8.36. The fourth-order valence-electron chi connectivity index (χ4n) is 2.68. The number of piperazine rings is 1. The summed E-state index contributed by atoms with van der Waals surface area (Å²) >= 11 is 1.60. The molecule has 1 aromatic heterocycles. The molecule has 3 rings (SSSR count). The minimum absolute atomic E-state index is 0.0957. The third kappa shape index (κ3) is 3.68. The highest BCUT2D eigenvalue weighted by Gasteiger charge is 2.21. The lowest BCUT2D eigenvalue weighted by molar-refractivity contribution is -0.384. The van der Waals surface area contributed by atoms with Crippen LogP contribution in [0.1, 0.15) is 5.56 Å². The molecule has 2 heterocycles. The van der Waals surface area contributed by atoms with Gasteiger partial charge in [0, 0.05) is 44.0 Å². The van der Waals surface area contributed by atoms with Gasteiger partial charge in [-0.15, -0.1) is 0 Å². The summed E-state index contributed by atoms with van der Waals surface area (Å²) in [5.41, 5.74) is 2.12. The van der Waals surface area contributed by atoms with Crippen LogP contribution in [0.15, 0.2) is 41.1 Å². The Morgan fingerprint density at radius 1 is 1.13 bits per heavy atom. The number of nitrogens with zero attached hydrogens (tertiary/aromatic N) is 3. The van der Waals surface area contributed by atoms with Crippen molar-refractivity contribution in [1.29, 1.82) is 0 Å². The predicted octanol–water partition coefficient (Wildman–Crippen LogP) is 2.55. The van der Waals surface area contributed by atoms with Gasteiger partial charge in [-0.05, 0) is 34.5 Å². The van der Waals surface area contributed by atoms with Crippen LogP contribution in [-0.4, -0.2) is 41.9 Å². The number of benzene rings is 1. The van der Waals surface area contributed by atoms with Gasteiger partial charge < -0.3 is 9.80 Å². The van der Waals surface area contributed by atoms with Gasteiger partial charge in [0.2, 0.25) is 5.91 Å². The SMILES string of the molecule is O=C(Cc1ccsc1)N1CCN(c2ccc([N+](=O)[O-])cc2)CC1. The van der Waals surface area contributed by atoms with Gasteiger partial charge in [-0.25, -0.2) is 0 Å². The predicted molar refractivity (Wildman–Crippen MR) is 89.9 cm³/mol. The number of hydrogen-bond acceptors (Lipinski definition) is 5. The summed E-state index contributed by atoms with van der Waals surface area (Å²) in [4.78, 5) is 26.6. The Morgan fingerprint density at radius 2 is 1.83 bits per heavy atom. The normalized spacial score (nSPS) is 14.8. The molecular formula is C16H17N3O3S. The highest BCUT2D eigenvalue weighted by atomic mass is 32.1. The summed E-state index contributed by atoms with van der Waals surface area (Å²) in [7, 11) is 0. The van der Waals surface area contributed by atoms with E-state index in [0.717, 1.165) is 24.3 Å². The molecule has 7 heteroatoms. The summed E-state index contributed by atoms with van der Waals surface area (Å²) in [6.07, 6.45) is 0.459. The number of thiophene rings is 1. The van der Waals surface area contributed by atoms with Crippen molar-refractivity contribution >= 4 is 28.6 Å². The highest BCUT2D eigenvalue weighted by molar-refractivity contribution is 7.08. The molecule has 6 nitrogen and oxygen atoms in total. The molecule has 0 atom stereocenters. The molecule has 1 aliphatic rings. The Balaban J connectivity index is 1.55. The lowest BCUT2D eigenvalue weighted by Crippen LogP contribution is -2.49. The number of rotatable bonds is 4. The first-order chi connectivity index (χ1) is 11.1. The second kappa shape index (κ2) is 6.78. The van der Waals surface area contributed by atoms with E-state index in [1.165, 1.54) is 12.1 Å². The number of nitro groups is 1. The largest absolute Gasteiger partial charge is 0.368 e. The number of amides is 1. The molecule has 23 heavy (non-hydrogen) atoms. The van der Waals surface area contributed by atoms with Crippen molar-refractivity contribution in [2.45, 2.75) is 6.42 Å². The van der Waals surface area contributed by atoms with E-state index in [4.69, 9.17) is 0 Å². The molecule has 1 fully saturated rings. The summed E-state index contributed by atoms with van der Waals surface area (Å²) in [5, 5.41) is 14.7. The van der Waals surface area contributed by atoms with Gasteiger partial charge in [-0.1, -0.05) is 0 Å². The third-order valence-corrected chi connectivity index (χ3v) is 4.73. The first kappa shape index (κ1) is 15.5. The summed E-state index contributed by atoms with van der Waals surface area (Å²) in [6, 6.07) is 8.55. The number of hydrogen-bond donors (Lipinski definition) is 0. The van der Waals surface area contributed by atoms with Crippen molar-refractivity contribution in [3.8, 4) is 0 Å². The molecule has 120 valence electrons. The maximum atomic E-state index is 12.3. The maximum Gasteiger partial charge on any atom is 0.269 e. The second-order valence-corrected chi connectivity index (χ2v) is 6.23. The van der Waals surface area contributed by atoms with Crippen molar-refractivity contribution in [1.82, 2.24) is 4.90 Å². The highest BCUT2D eigenvalue weighted by Crippen LogP contribution is 2.21. The number of nitro benzene ring substituents is 1. The van der Waals surface area contributed by atoms with E-state index in [-0.39, 0.29) is 11.6 Å². The topological polar surface area (TPSA) is 66.7 Å². The van der Waals surface area contributed by atoms with E-state index in [1.807, 2.05) is 21.7 Å². The molecule has 0 N–H and O–H groups in total. The molecule has 0 bridgehead atoms. The van der Waals surface area contributed by atoms with Crippen molar-refractivity contribution in [3.05, 3.63) is 56.8 Å². The van der Waals surface area contributed by atoms with Crippen LogP contribution in [0.4, 0.5) is 11.4 Å². The molecule has 1 saturated heterocycles. The third-order valence-electron chi connectivity index (χ3n) is 3.99. The van der Waals surface area contributed by atoms with E-state index in [1.54, 1.807) is 23.5 Å². The van der Waals surface area contributed by atoms with E-state index in [2.05, 4.69) is 4.90 Å². The van der Waals surface area contributed by atoms with Crippen LogP contribution in [-0.2, 0) is 11.2 Å². The van der Waals surface area contributed by atoms with Gasteiger partial charge in [-0.2, -0.15) is 11.3 Å². The fourth-order valence-corrected chi connectivity index (χ4v) is 3.35. The van der Waals surface area contributed by atoms with Gasteiger partial charge in [0.1, 0.15) is 0 Å². The van der Waals surface area contributed by atoms with Gasteiger partial charge in [-0.3, -0.25) is 14.9 Å². The van der Waals surface area contributed by atoms with Crippen LogP contribution in [0.3, 0.4) is 0 Å². The summed E-state index contributed by atoms with van der Waals surface area (Å²) in [6.45, 7) is 2.85. The Morgan fingerprint density at radius 3 is 2.39 bits per heavy atom. The smallest absolute Gasteiger partial charge is 0.269 e. The number of carbonyl (C=O) groups excluding carboxylic acids is 1. The lowest BCUT2D eigenvalue weighted by Gasteiger charge is -2.36. The van der Waals surface area contributed by atoms with Gasteiger partial charge in [0.25, 0.3) is 5.69 Å². The Kier molecular flexibility index (Phi) is 4.57. The molecule has 0 aliphatic carbocycles. The Bertz CT molecular complexity index is 677.